The third kappa shape index (κ3) is 4.89. The van der Waals surface area contributed by atoms with Crippen LogP contribution in [0.15, 0.2) is 96.2 Å². The van der Waals surface area contributed by atoms with Gasteiger partial charge in [0.15, 0.2) is 5.16 Å². The van der Waals surface area contributed by atoms with Gasteiger partial charge in [-0.3, -0.25) is 9.36 Å². The molecule has 0 unspecified atom stereocenters. The summed E-state index contributed by atoms with van der Waals surface area (Å²) in [4.78, 5) is 16.7. The number of carbonyl (C=O) groups excluding carboxylic acids is 1. The normalized spacial score (nSPS) is 10.7. The van der Waals surface area contributed by atoms with Crippen LogP contribution in [-0.4, -0.2) is 27.8 Å². The summed E-state index contributed by atoms with van der Waals surface area (Å²) < 4.78 is 2.23. The van der Waals surface area contributed by atoms with Gasteiger partial charge in [0.2, 0.25) is 5.91 Å². The fraction of sp³-hybridized carbons (Fsp3) is 0.154. The number of carbonyl (C=O) groups is 1. The van der Waals surface area contributed by atoms with E-state index >= 15 is 0 Å². The third-order valence-corrected chi connectivity index (χ3v) is 5.87. The molecule has 4 nitrogen and oxygen atoms in total. The van der Waals surface area contributed by atoms with Crippen LogP contribution in [0.4, 0.5) is 0 Å². The molecule has 1 amide bonds. The molecule has 1 N–H and O–H groups in total. The monoisotopic (exact) mass is 427 g/mol. The van der Waals surface area contributed by atoms with Gasteiger partial charge in [0.1, 0.15) is 0 Å². The van der Waals surface area contributed by atoms with Crippen molar-refractivity contribution in [2.24, 2.45) is 0 Å². The summed E-state index contributed by atoms with van der Waals surface area (Å²) in [6.07, 6.45) is 0.500. The maximum Gasteiger partial charge on any atom is 0.219 e. The van der Waals surface area contributed by atoms with Gasteiger partial charge in [0.05, 0.1) is 11.4 Å². The van der Waals surface area contributed by atoms with Crippen molar-refractivity contribution in [2.45, 2.75) is 18.5 Å². The fourth-order valence-electron chi connectivity index (χ4n) is 3.43. The van der Waals surface area contributed by atoms with Gasteiger partial charge >= 0.3 is 0 Å². The zero-order chi connectivity index (χ0) is 21.5. The van der Waals surface area contributed by atoms with E-state index in [1.54, 1.807) is 11.8 Å². The van der Waals surface area contributed by atoms with Gasteiger partial charge in [-0.1, -0.05) is 97.5 Å². The number of hydrogen-bond donors (Lipinski definition) is 1. The molecule has 0 aliphatic heterocycles. The molecule has 0 bridgehead atoms. The molecule has 156 valence electrons. The van der Waals surface area contributed by atoms with E-state index in [1.165, 1.54) is 0 Å². The van der Waals surface area contributed by atoms with Gasteiger partial charge in [0.25, 0.3) is 0 Å². The average molecular weight is 428 g/mol. The molecule has 0 radical (unpaired) electrons. The summed E-state index contributed by atoms with van der Waals surface area (Å²) in [6.45, 7) is 2.48. The van der Waals surface area contributed by atoms with Gasteiger partial charge < -0.3 is 5.32 Å². The Morgan fingerprint density at radius 1 is 0.871 bits per heavy atom. The SMILES string of the molecule is CCC(=O)NCCSc1nc(-c2ccccc2)c(-c2ccccc2)n1-c1ccccc1. The second kappa shape index (κ2) is 10.1. The smallest absolute Gasteiger partial charge is 0.219 e. The topological polar surface area (TPSA) is 46.9 Å². The van der Waals surface area contributed by atoms with Gasteiger partial charge in [-0.15, -0.1) is 0 Å². The van der Waals surface area contributed by atoms with Crippen molar-refractivity contribution in [3.8, 4) is 28.2 Å². The third-order valence-electron chi connectivity index (χ3n) is 4.93. The van der Waals surface area contributed by atoms with Crippen LogP contribution < -0.4 is 5.32 Å². The van der Waals surface area contributed by atoms with Crippen molar-refractivity contribution in [3.63, 3.8) is 0 Å². The standard InChI is InChI=1S/C26H25N3OS/c1-2-23(30)27-18-19-31-26-28-24(20-12-6-3-7-13-20)25(21-14-8-4-9-15-21)29(26)22-16-10-5-11-17-22/h3-17H,2,18-19H2,1H3,(H,27,30). The van der Waals surface area contributed by atoms with Crippen LogP contribution in [0.2, 0.25) is 0 Å². The Hall–Kier alpha value is -3.31. The highest BCUT2D eigenvalue weighted by Gasteiger charge is 2.21. The molecular weight excluding hydrogens is 402 g/mol. The summed E-state index contributed by atoms with van der Waals surface area (Å²) in [5.41, 5.74) is 5.28. The predicted molar refractivity (Wildman–Crippen MR) is 128 cm³/mol. The molecule has 3 aromatic carbocycles. The van der Waals surface area contributed by atoms with Crippen molar-refractivity contribution in [1.29, 1.82) is 0 Å². The second-order valence-corrected chi connectivity index (χ2v) is 8.11. The molecule has 4 aromatic rings. The Labute approximate surface area is 187 Å². The van der Waals surface area contributed by atoms with Gasteiger partial charge in [-0.2, -0.15) is 0 Å². The molecular formula is C26H25N3OS. The lowest BCUT2D eigenvalue weighted by Crippen LogP contribution is -2.24. The second-order valence-electron chi connectivity index (χ2n) is 7.05. The number of nitrogens with one attached hydrogen (secondary N) is 1. The van der Waals surface area contributed by atoms with E-state index in [4.69, 9.17) is 4.98 Å². The Morgan fingerprint density at radius 3 is 2.06 bits per heavy atom. The first-order chi connectivity index (χ1) is 15.3. The lowest BCUT2D eigenvalue weighted by Gasteiger charge is -2.13. The van der Waals surface area contributed by atoms with Crippen LogP contribution in [0.25, 0.3) is 28.2 Å². The van der Waals surface area contributed by atoms with E-state index in [0.717, 1.165) is 39.1 Å². The van der Waals surface area contributed by atoms with Crippen LogP contribution in [0.3, 0.4) is 0 Å². The number of nitrogens with zero attached hydrogens (tertiary/aromatic N) is 2. The summed E-state index contributed by atoms with van der Waals surface area (Å²) in [6, 6.07) is 31.0. The number of aromatic nitrogens is 2. The molecule has 0 saturated carbocycles. The Bertz CT molecular complexity index is 1130. The molecule has 31 heavy (non-hydrogen) atoms. The minimum absolute atomic E-state index is 0.0713. The van der Waals surface area contributed by atoms with E-state index in [2.05, 4.69) is 58.4 Å². The van der Waals surface area contributed by atoms with E-state index in [9.17, 15) is 4.79 Å². The summed E-state index contributed by atoms with van der Waals surface area (Å²) in [5, 5.41) is 3.86. The summed E-state index contributed by atoms with van der Waals surface area (Å²) in [7, 11) is 0. The van der Waals surface area contributed by atoms with Crippen LogP contribution >= 0.6 is 11.8 Å². The Kier molecular flexibility index (Phi) is 6.85. The first-order valence-corrected chi connectivity index (χ1v) is 11.4. The van der Waals surface area contributed by atoms with E-state index in [0.29, 0.717) is 13.0 Å². The molecule has 4 rings (SSSR count). The Morgan fingerprint density at radius 2 is 1.45 bits per heavy atom. The predicted octanol–water partition coefficient (Wildman–Crippen LogP) is 5.82. The van der Waals surface area contributed by atoms with E-state index < -0.39 is 0 Å². The molecule has 1 aromatic heterocycles. The highest BCUT2D eigenvalue weighted by molar-refractivity contribution is 7.99. The minimum atomic E-state index is 0.0713. The highest BCUT2D eigenvalue weighted by atomic mass is 32.2. The molecule has 1 heterocycles. The number of amides is 1. The summed E-state index contributed by atoms with van der Waals surface area (Å²) >= 11 is 1.66. The van der Waals surface area contributed by atoms with Crippen LogP contribution in [0, 0.1) is 0 Å². The number of thioether (sulfide) groups is 1. The van der Waals surface area contributed by atoms with Gasteiger partial charge in [-0.05, 0) is 12.1 Å². The lowest BCUT2D eigenvalue weighted by molar-refractivity contribution is -0.120. The zero-order valence-corrected chi connectivity index (χ0v) is 18.3. The quantitative estimate of drug-likeness (QED) is 0.284. The highest BCUT2D eigenvalue weighted by Crippen LogP contribution is 2.38. The molecule has 0 aliphatic rings. The average Bonchev–Trinajstić information content (AvgIpc) is 3.22. The maximum atomic E-state index is 11.6. The molecule has 0 fully saturated rings. The number of benzene rings is 3. The number of imidazole rings is 1. The minimum Gasteiger partial charge on any atom is -0.355 e. The van der Waals surface area contributed by atoms with Crippen LogP contribution in [-0.2, 0) is 4.79 Å². The first-order valence-electron chi connectivity index (χ1n) is 10.5. The molecule has 0 saturated heterocycles. The van der Waals surface area contributed by atoms with E-state index in [1.807, 2.05) is 49.4 Å². The number of rotatable bonds is 8. The van der Waals surface area contributed by atoms with Crippen molar-refractivity contribution in [3.05, 3.63) is 91.0 Å². The van der Waals surface area contributed by atoms with Gasteiger partial charge in [0, 0.05) is 35.5 Å². The van der Waals surface area contributed by atoms with Crippen molar-refractivity contribution < 1.29 is 4.79 Å². The molecule has 0 atom stereocenters. The fourth-order valence-corrected chi connectivity index (χ4v) is 4.30. The molecule has 0 spiro atoms. The van der Waals surface area contributed by atoms with Gasteiger partial charge in [-0.25, -0.2) is 4.98 Å². The lowest BCUT2D eigenvalue weighted by atomic mass is 10.0. The Balaban J connectivity index is 1.82. The van der Waals surface area contributed by atoms with Crippen molar-refractivity contribution in [2.75, 3.05) is 12.3 Å². The maximum absolute atomic E-state index is 11.6. The number of para-hydroxylation sites is 1. The van der Waals surface area contributed by atoms with Crippen molar-refractivity contribution in [1.82, 2.24) is 14.9 Å². The zero-order valence-electron chi connectivity index (χ0n) is 17.5. The molecule has 0 aliphatic carbocycles. The first kappa shape index (κ1) is 20.9. The largest absolute Gasteiger partial charge is 0.355 e. The van der Waals surface area contributed by atoms with Crippen LogP contribution in [0.1, 0.15) is 13.3 Å². The molecule has 5 heteroatoms. The van der Waals surface area contributed by atoms with Crippen molar-refractivity contribution >= 4 is 17.7 Å². The number of hydrogen-bond acceptors (Lipinski definition) is 3. The van der Waals surface area contributed by atoms with E-state index in [-0.39, 0.29) is 5.91 Å². The summed E-state index contributed by atoms with van der Waals surface area (Å²) in [5.74, 6) is 0.819. The van der Waals surface area contributed by atoms with Crippen LogP contribution in [0.5, 0.6) is 0 Å².